The van der Waals surface area contributed by atoms with Crippen molar-refractivity contribution in [1.29, 1.82) is 0 Å². The van der Waals surface area contributed by atoms with E-state index in [0.717, 1.165) is 18.9 Å². The Morgan fingerprint density at radius 2 is 2.19 bits per heavy atom. The van der Waals surface area contributed by atoms with E-state index in [4.69, 9.17) is 10.5 Å². The fourth-order valence-electron chi connectivity index (χ4n) is 1.47. The molecule has 0 aliphatic rings. The third kappa shape index (κ3) is 2.86. The van der Waals surface area contributed by atoms with E-state index in [1.165, 1.54) is 7.11 Å². The minimum Gasteiger partial charge on any atom is -0.504 e. The molecule has 0 aliphatic carbocycles. The van der Waals surface area contributed by atoms with Crippen LogP contribution in [0.15, 0.2) is 10.5 Å². The van der Waals surface area contributed by atoms with Crippen LogP contribution < -0.4 is 10.5 Å². The van der Waals surface area contributed by atoms with Crippen LogP contribution in [0.3, 0.4) is 0 Å². The summed E-state index contributed by atoms with van der Waals surface area (Å²) < 4.78 is 18.6. The minimum absolute atomic E-state index is 0.00667. The molecule has 3 nitrogen and oxygen atoms in total. The number of methoxy groups -OCH3 is 1. The predicted molar refractivity (Wildman–Crippen MR) is 64.3 cm³/mol. The maximum Gasteiger partial charge on any atom is 0.163 e. The Kier molecular flexibility index (Phi) is 5.02. The highest BCUT2D eigenvalue weighted by Gasteiger charge is 2.16. The number of aromatic hydroxyl groups is 1. The van der Waals surface area contributed by atoms with Crippen molar-refractivity contribution in [2.75, 3.05) is 13.7 Å². The quantitative estimate of drug-likeness (QED) is 0.820. The molecule has 1 aromatic rings. The summed E-state index contributed by atoms with van der Waals surface area (Å²) in [6.07, 6.45) is 2.21. The van der Waals surface area contributed by atoms with E-state index in [1.54, 1.807) is 0 Å². The summed E-state index contributed by atoms with van der Waals surface area (Å²) >= 11 is 3.12. The molecule has 1 rings (SSSR count). The first-order chi connectivity index (χ1) is 7.61. The Labute approximate surface area is 103 Å². The third-order valence-electron chi connectivity index (χ3n) is 2.35. The van der Waals surface area contributed by atoms with Gasteiger partial charge in [-0.15, -0.1) is 0 Å². The van der Waals surface area contributed by atoms with Crippen LogP contribution >= 0.6 is 15.9 Å². The zero-order valence-corrected chi connectivity index (χ0v) is 10.7. The van der Waals surface area contributed by atoms with Gasteiger partial charge in [-0.25, -0.2) is 4.39 Å². The van der Waals surface area contributed by atoms with Gasteiger partial charge in [0, 0.05) is 11.6 Å². The van der Waals surface area contributed by atoms with E-state index >= 15 is 0 Å². The smallest absolute Gasteiger partial charge is 0.163 e. The summed E-state index contributed by atoms with van der Waals surface area (Å²) in [5.74, 6) is -0.284. The van der Waals surface area contributed by atoms with Crippen LogP contribution in [0.25, 0.3) is 0 Å². The average Bonchev–Trinajstić information content (AvgIpc) is 2.28. The van der Waals surface area contributed by atoms with Crippen molar-refractivity contribution in [2.45, 2.75) is 19.3 Å². The molecule has 0 unspecified atom stereocenters. The van der Waals surface area contributed by atoms with Gasteiger partial charge in [-0.2, -0.15) is 0 Å². The van der Waals surface area contributed by atoms with Crippen LogP contribution in [0.4, 0.5) is 4.39 Å². The summed E-state index contributed by atoms with van der Waals surface area (Å²) in [5.41, 5.74) is 5.91. The Balaban J connectivity index is 3.00. The summed E-state index contributed by atoms with van der Waals surface area (Å²) in [4.78, 5) is 0. The first kappa shape index (κ1) is 13.3. The monoisotopic (exact) mass is 291 g/mol. The van der Waals surface area contributed by atoms with Crippen LogP contribution in [0, 0.1) is 5.82 Å². The fourth-order valence-corrected chi connectivity index (χ4v) is 1.97. The molecule has 0 fully saturated rings. The normalized spacial score (nSPS) is 10.5. The molecule has 0 heterocycles. The molecule has 0 saturated heterocycles. The van der Waals surface area contributed by atoms with Gasteiger partial charge in [0.05, 0.1) is 11.6 Å². The highest BCUT2D eigenvalue weighted by molar-refractivity contribution is 9.10. The lowest BCUT2D eigenvalue weighted by atomic mass is 10.1. The third-order valence-corrected chi connectivity index (χ3v) is 3.21. The molecule has 0 aromatic heterocycles. The number of benzene rings is 1. The number of unbranched alkanes of at least 4 members (excludes halogenated alkanes) is 1. The van der Waals surface area contributed by atoms with Crippen molar-refractivity contribution in [3.8, 4) is 11.5 Å². The maximum atomic E-state index is 13.5. The lowest BCUT2D eigenvalue weighted by molar-refractivity contribution is 0.366. The van der Waals surface area contributed by atoms with Crippen molar-refractivity contribution in [1.82, 2.24) is 0 Å². The number of phenolic OH excluding ortho intramolecular Hbond substituents is 1. The molecule has 1 aromatic carbocycles. The second-order valence-electron chi connectivity index (χ2n) is 3.45. The van der Waals surface area contributed by atoms with E-state index in [2.05, 4.69) is 15.9 Å². The topological polar surface area (TPSA) is 55.5 Å². The number of hydrogen-bond donors (Lipinski definition) is 2. The van der Waals surface area contributed by atoms with E-state index in [-0.39, 0.29) is 11.5 Å². The summed E-state index contributed by atoms with van der Waals surface area (Å²) in [7, 11) is 1.39. The highest BCUT2D eigenvalue weighted by Crippen LogP contribution is 2.37. The van der Waals surface area contributed by atoms with Gasteiger partial charge in [0.2, 0.25) is 0 Å². The van der Waals surface area contributed by atoms with Crippen LogP contribution in [0.1, 0.15) is 18.4 Å². The first-order valence-electron chi connectivity index (χ1n) is 5.05. The predicted octanol–water partition coefficient (Wildman–Crippen LogP) is 2.58. The van der Waals surface area contributed by atoms with E-state index < -0.39 is 5.82 Å². The van der Waals surface area contributed by atoms with Crippen molar-refractivity contribution in [2.24, 2.45) is 5.73 Å². The van der Waals surface area contributed by atoms with Gasteiger partial charge in [0.15, 0.2) is 11.5 Å². The molecule has 3 N–H and O–H groups in total. The number of ether oxygens (including phenoxy) is 1. The Morgan fingerprint density at radius 1 is 1.50 bits per heavy atom. The van der Waals surface area contributed by atoms with E-state index in [9.17, 15) is 9.50 Å². The zero-order chi connectivity index (χ0) is 12.1. The highest BCUT2D eigenvalue weighted by atomic mass is 79.9. The molecule has 5 heteroatoms. The van der Waals surface area contributed by atoms with Crippen molar-refractivity contribution >= 4 is 15.9 Å². The van der Waals surface area contributed by atoms with Gasteiger partial charge in [-0.1, -0.05) is 0 Å². The Morgan fingerprint density at radius 3 is 2.75 bits per heavy atom. The van der Waals surface area contributed by atoms with Gasteiger partial charge >= 0.3 is 0 Å². The van der Waals surface area contributed by atoms with E-state index in [0.29, 0.717) is 23.0 Å². The standard InChI is InChI=1S/C11H15BrFNO2/c1-16-9-6-8(13)10(12)7(11(9)15)4-2-3-5-14/h6,15H,2-5,14H2,1H3. The molecule has 0 aliphatic heterocycles. The van der Waals surface area contributed by atoms with Crippen molar-refractivity contribution in [3.63, 3.8) is 0 Å². The minimum atomic E-state index is -0.433. The largest absolute Gasteiger partial charge is 0.504 e. The number of phenols is 1. The first-order valence-corrected chi connectivity index (χ1v) is 5.85. The molecule has 0 amide bonds. The number of rotatable bonds is 5. The molecule has 0 atom stereocenters. The van der Waals surface area contributed by atoms with Crippen molar-refractivity contribution in [3.05, 3.63) is 21.9 Å². The summed E-state index contributed by atoms with van der Waals surface area (Å²) in [6, 6.07) is 1.16. The second-order valence-corrected chi connectivity index (χ2v) is 4.24. The Bertz CT molecular complexity index is 371. The summed E-state index contributed by atoms with van der Waals surface area (Å²) in [6.45, 7) is 0.588. The molecule has 16 heavy (non-hydrogen) atoms. The number of halogens is 2. The van der Waals surface area contributed by atoms with Crippen LogP contribution in [0.2, 0.25) is 0 Å². The van der Waals surface area contributed by atoms with Crippen LogP contribution in [-0.2, 0) is 6.42 Å². The SMILES string of the molecule is COc1cc(F)c(Br)c(CCCCN)c1O. The van der Waals surface area contributed by atoms with Gasteiger partial charge < -0.3 is 15.6 Å². The fraction of sp³-hybridized carbons (Fsp3) is 0.455. The van der Waals surface area contributed by atoms with Crippen LogP contribution in [-0.4, -0.2) is 18.8 Å². The molecular formula is C11H15BrFNO2. The maximum absolute atomic E-state index is 13.5. The molecule has 0 saturated carbocycles. The molecule has 90 valence electrons. The van der Waals surface area contributed by atoms with Gasteiger partial charge in [0.25, 0.3) is 0 Å². The molecule has 0 spiro atoms. The average molecular weight is 292 g/mol. The lowest BCUT2D eigenvalue weighted by Gasteiger charge is -2.11. The van der Waals surface area contributed by atoms with Gasteiger partial charge in [-0.05, 0) is 41.7 Å². The van der Waals surface area contributed by atoms with Crippen LogP contribution in [0.5, 0.6) is 11.5 Å². The van der Waals surface area contributed by atoms with Gasteiger partial charge in [-0.3, -0.25) is 0 Å². The number of hydrogen-bond acceptors (Lipinski definition) is 3. The Hall–Kier alpha value is -0.810. The lowest BCUT2D eigenvalue weighted by Crippen LogP contribution is -2.00. The second kappa shape index (κ2) is 6.06. The number of nitrogens with two attached hydrogens (primary N) is 1. The molecule has 0 bridgehead atoms. The zero-order valence-electron chi connectivity index (χ0n) is 9.09. The van der Waals surface area contributed by atoms with Gasteiger partial charge in [0.1, 0.15) is 5.82 Å². The molecular weight excluding hydrogens is 277 g/mol. The molecule has 0 radical (unpaired) electrons. The summed E-state index contributed by atoms with van der Waals surface area (Å²) in [5, 5.41) is 9.84. The van der Waals surface area contributed by atoms with Crippen molar-refractivity contribution < 1.29 is 14.2 Å². The van der Waals surface area contributed by atoms with E-state index in [1.807, 2.05) is 0 Å².